The molecule has 0 aromatic heterocycles. The van der Waals surface area contributed by atoms with Crippen LogP contribution in [0.3, 0.4) is 0 Å². The van der Waals surface area contributed by atoms with E-state index in [1.807, 2.05) is 19.0 Å². The van der Waals surface area contributed by atoms with Crippen LogP contribution in [0.4, 0.5) is 0 Å². The smallest absolute Gasteiger partial charge is 0.236 e. The zero-order chi connectivity index (χ0) is 13.8. The first-order chi connectivity index (χ1) is 8.61. The van der Waals surface area contributed by atoms with Crippen LogP contribution >= 0.6 is 0 Å². The molecule has 1 N–H and O–H groups in total. The highest BCUT2D eigenvalue weighted by Gasteiger charge is 2.12. The van der Waals surface area contributed by atoms with Gasteiger partial charge in [-0.3, -0.25) is 10.1 Å². The van der Waals surface area contributed by atoms with Crippen LogP contribution in [-0.2, 0) is 9.53 Å². The molecule has 1 amide bonds. The Kier molecular flexibility index (Phi) is 10.4. The van der Waals surface area contributed by atoms with Crippen LogP contribution in [0.2, 0.25) is 0 Å². The highest BCUT2D eigenvalue weighted by atomic mass is 16.5. The SMILES string of the molecule is C#CCNCC(=O)N(CCCN(C)C)CCOC. The summed E-state index contributed by atoms with van der Waals surface area (Å²) in [6.45, 7) is 3.60. The van der Waals surface area contributed by atoms with E-state index in [0.717, 1.165) is 19.5 Å². The molecule has 0 bridgehead atoms. The molecule has 0 saturated heterocycles. The van der Waals surface area contributed by atoms with Crippen molar-refractivity contribution in [1.82, 2.24) is 15.1 Å². The minimum atomic E-state index is 0.0704. The average molecular weight is 255 g/mol. The number of terminal acetylenes is 1. The predicted octanol–water partition coefficient (Wildman–Crippen LogP) is -0.364. The van der Waals surface area contributed by atoms with Gasteiger partial charge in [-0.15, -0.1) is 6.42 Å². The topological polar surface area (TPSA) is 44.8 Å². The average Bonchev–Trinajstić information content (AvgIpc) is 2.33. The lowest BCUT2D eigenvalue weighted by Crippen LogP contribution is -2.41. The second kappa shape index (κ2) is 11.0. The Labute approximate surface area is 110 Å². The van der Waals surface area contributed by atoms with E-state index in [1.54, 1.807) is 7.11 Å². The van der Waals surface area contributed by atoms with Gasteiger partial charge in [-0.25, -0.2) is 0 Å². The van der Waals surface area contributed by atoms with Crippen molar-refractivity contribution in [2.24, 2.45) is 0 Å². The first-order valence-electron chi connectivity index (χ1n) is 6.17. The van der Waals surface area contributed by atoms with Crippen LogP contribution in [-0.4, -0.2) is 76.2 Å². The number of carbonyl (C=O) groups is 1. The molecular weight excluding hydrogens is 230 g/mol. The van der Waals surface area contributed by atoms with Gasteiger partial charge in [0.1, 0.15) is 0 Å². The van der Waals surface area contributed by atoms with Crippen molar-refractivity contribution in [3.8, 4) is 12.3 Å². The lowest BCUT2D eigenvalue weighted by Gasteiger charge is -2.23. The number of nitrogens with zero attached hydrogens (tertiary/aromatic N) is 2. The first kappa shape index (κ1) is 16.9. The predicted molar refractivity (Wildman–Crippen MR) is 73.3 cm³/mol. The van der Waals surface area contributed by atoms with Crippen molar-refractivity contribution < 1.29 is 9.53 Å². The van der Waals surface area contributed by atoms with Crippen LogP contribution in [0.1, 0.15) is 6.42 Å². The van der Waals surface area contributed by atoms with Crippen LogP contribution < -0.4 is 5.32 Å². The molecule has 0 aliphatic heterocycles. The molecule has 5 nitrogen and oxygen atoms in total. The molecule has 18 heavy (non-hydrogen) atoms. The third-order valence-corrected chi connectivity index (χ3v) is 2.45. The van der Waals surface area contributed by atoms with Crippen molar-refractivity contribution in [3.05, 3.63) is 0 Å². The normalized spacial score (nSPS) is 10.4. The second-order valence-electron chi connectivity index (χ2n) is 4.34. The van der Waals surface area contributed by atoms with E-state index in [-0.39, 0.29) is 12.5 Å². The Morgan fingerprint density at radius 2 is 2.06 bits per heavy atom. The Balaban J connectivity index is 4.03. The number of methoxy groups -OCH3 is 1. The summed E-state index contributed by atoms with van der Waals surface area (Å²) in [5.74, 6) is 2.52. The lowest BCUT2D eigenvalue weighted by molar-refractivity contribution is -0.130. The molecule has 104 valence electrons. The molecule has 0 radical (unpaired) electrons. The van der Waals surface area contributed by atoms with E-state index in [4.69, 9.17) is 11.2 Å². The van der Waals surface area contributed by atoms with Crippen LogP contribution in [0.25, 0.3) is 0 Å². The summed E-state index contributed by atoms with van der Waals surface area (Å²) < 4.78 is 5.02. The summed E-state index contributed by atoms with van der Waals surface area (Å²) in [7, 11) is 5.69. The first-order valence-corrected chi connectivity index (χ1v) is 6.17. The molecule has 0 aliphatic rings. The summed E-state index contributed by atoms with van der Waals surface area (Å²) >= 11 is 0. The zero-order valence-electron chi connectivity index (χ0n) is 11.7. The second-order valence-corrected chi connectivity index (χ2v) is 4.34. The fourth-order valence-corrected chi connectivity index (χ4v) is 1.49. The maximum Gasteiger partial charge on any atom is 0.236 e. The molecule has 0 heterocycles. The maximum atomic E-state index is 11.9. The third kappa shape index (κ3) is 8.99. The van der Waals surface area contributed by atoms with E-state index in [2.05, 4.69) is 16.1 Å². The molecule has 0 saturated carbocycles. The Bertz CT molecular complexity index is 261. The van der Waals surface area contributed by atoms with Gasteiger partial charge in [0.15, 0.2) is 0 Å². The van der Waals surface area contributed by atoms with E-state index in [0.29, 0.717) is 19.7 Å². The van der Waals surface area contributed by atoms with E-state index in [9.17, 15) is 4.79 Å². The van der Waals surface area contributed by atoms with E-state index in [1.165, 1.54) is 0 Å². The quantitative estimate of drug-likeness (QED) is 0.427. The van der Waals surface area contributed by atoms with Crippen molar-refractivity contribution in [2.45, 2.75) is 6.42 Å². The summed E-state index contributed by atoms with van der Waals surface area (Å²) in [5, 5.41) is 2.91. The summed E-state index contributed by atoms with van der Waals surface area (Å²) in [6.07, 6.45) is 6.08. The fraction of sp³-hybridized carbons (Fsp3) is 0.769. The van der Waals surface area contributed by atoms with Crippen LogP contribution in [0.15, 0.2) is 0 Å². The number of carbonyl (C=O) groups excluding carboxylic acids is 1. The van der Waals surface area contributed by atoms with Crippen molar-refractivity contribution in [3.63, 3.8) is 0 Å². The monoisotopic (exact) mass is 255 g/mol. The van der Waals surface area contributed by atoms with Crippen LogP contribution in [0, 0.1) is 12.3 Å². The number of ether oxygens (including phenoxy) is 1. The standard InChI is InChI=1S/C13H25N3O2/c1-5-7-14-12-13(17)16(10-11-18-4)9-6-8-15(2)3/h1,14H,6-12H2,2-4H3. The number of nitrogens with one attached hydrogen (secondary N) is 1. The van der Waals surface area contributed by atoms with Gasteiger partial charge >= 0.3 is 0 Å². The molecule has 0 aliphatic carbocycles. The molecule has 0 aromatic carbocycles. The Morgan fingerprint density at radius 3 is 2.61 bits per heavy atom. The molecule has 0 fully saturated rings. The molecule has 0 aromatic rings. The van der Waals surface area contributed by atoms with Crippen molar-refractivity contribution in [2.75, 3.05) is 60.5 Å². The molecule has 5 heteroatoms. The minimum Gasteiger partial charge on any atom is -0.383 e. The van der Waals surface area contributed by atoms with Gasteiger partial charge < -0.3 is 14.5 Å². The molecule has 0 atom stereocenters. The van der Waals surface area contributed by atoms with Gasteiger partial charge in [0.2, 0.25) is 5.91 Å². The lowest BCUT2D eigenvalue weighted by atomic mass is 10.3. The van der Waals surface area contributed by atoms with Gasteiger partial charge in [0.25, 0.3) is 0 Å². The van der Waals surface area contributed by atoms with Crippen molar-refractivity contribution >= 4 is 5.91 Å². The Morgan fingerprint density at radius 1 is 1.33 bits per heavy atom. The molecule has 0 rings (SSSR count). The summed E-state index contributed by atoms with van der Waals surface area (Å²) in [6, 6.07) is 0. The number of hydrogen-bond acceptors (Lipinski definition) is 4. The maximum absolute atomic E-state index is 11.9. The summed E-state index contributed by atoms with van der Waals surface area (Å²) in [5.41, 5.74) is 0. The zero-order valence-corrected chi connectivity index (χ0v) is 11.7. The molecule has 0 spiro atoms. The van der Waals surface area contributed by atoms with Gasteiger partial charge in [0, 0.05) is 20.2 Å². The molecular formula is C13H25N3O2. The summed E-state index contributed by atoms with van der Waals surface area (Å²) in [4.78, 5) is 15.8. The minimum absolute atomic E-state index is 0.0704. The third-order valence-electron chi connectivity index (χ3n) is 2.45. The van der Waals surface area contributed by atoms with Gasteiger partial charge in [-0.1, -0.05) is 5.92 Å². The highest BCUT2D eigenvalue weighted by molar-refractivity contribution is 5.78. The van der Waals surface area contributed by atoms with Gasteiger partial charge in [-0.2, -0.15) is 0 Å². The largest absolute Gasteiger partial charge is 0.383 e. The van der Waals surface area contributed by atoms with E-state index >= 15 is 0 Å². The number of amides is 1. The van der Waals surface area contributed by atoms with E-state index < -0.39 is 0 Å². The highest BCUT2D eigenvalue weighted by Crippen LogP contribution is 1.94. The fourth-order valence-electron chi connectivity index (χ4n) is 1.49. The van der Waals surface area contributed by atoms with Crippen molar-refractivity contribution in [1.29, 1.82) is 0 Å². The molecule has 0 unspecified atom stereocenters. The number of rotatable bonds is 10. The number of hydrogen-bond donors (Lipinski definition) is 1. The van der Waals surface area contributed by atoms with Crippen LogP contribution in [0.5, 0.6) is 0 Å². The van der Waals surface area contributed by atoms with Gasteiger partial charge in [0.05, 0.1) is 19.7 Å². The van der Waals surface area contributed by atoms with Gasteiger partial charge in [-0.05, 0) is 27.1 Å². The Hall–Kier alpha value is -1.09.